The molecule has 0 aromatic carbocycles. The topological polar surface area (TPSA) is 55.4 Å². The highest BCUT2D eigenvalue weighted by Gasteiger charge is 2.60. The summed E-state index contributed by atoms with van der Waals surface area (Å²) in [5.41, 5.74) is 0. The van der Waals surface area contributed by atoms with Crippen molar-refractivity contribution in [2.75, 3.05) is 19.1 Å². The molecule has 0 N–H and O–H groups in total. The molecule has 0 bridgehead atoms. The van der Waals surface area contributed by atoms with Crippen molar-refractivity contribution < 1.29 is 28.4 Å². The van der Waals surface area contributed by atoms with Crippen molar-refractivity contribution in [3.8, 4) is 0 Å². The Balaban J connectivity index is 1.64. The van der Waals surface area contributed by atoms with Gasteiger partial charge >= 0.3 is 0 Å². The number of alkyl halides is 1. The van der Waals surface area contributed by atoms with Crippen LogP contribution in [0.5, 0.6) is 0 Å². The summed E-state index contributed by atoms with van der Waals surface area (Å²) < 4.78 is 35.7. The zero-order valence-electron chi connectivity index (χ0n) is 14.2. The SMILES string of the molecule is CC1(C)O[C@H]2[C@@H](O1)[C@@H](COCCCCCl)O[C@@H]1OC(C)(C)O[C@@H]12. The number of hydrogen-bond donors (Lipinski definition) is 0. The fourth-order valence-corrected chi connectivity index (χ4v) is 3.51. The minimum Gasteiger partial charge on any atom is -0.379 e. The first kappa shape index (κ1) is 17.9. The number of unbranched alkanes of at least 4 members (excludes halogenated alkanes) is 1. The van der Waals surface area contributed by atoms with Crippen LogP contribution in [0.1, 0.15) is 40.5 Å². The van der Waals surface area contributed by atoms with E-state index in [0.29, 0.717) is 19.1 Å². The zero-order chi connectivity index (χ0) is 16.7. The van der Waals surface area contributed by atoms with E-state index in [2.05, 4.69) is 0 Å². The fourth-order valence-electron chi connectivity index (χ4n) is 3.33. The molecule has 6 nitrogen and oxygen atoms in total. The van der Waals surface area contributed by atoms with Crippen LogP contribution in [0, 0.1) is 0 Å². The Labute approximate surface area is 142 Å². The Bertz CT molecular complexity index is 415. The Morgan fingerprint density at radius 2 is 1.52 bits per heavy atom. The highest BCUT2D eigenvalue weighted by Crippen LogP contribution is 2.44. The second-order valence-electron chi connectivity index (χ2n) is 7.18. The maximum Gasteiger partial charge on any atom is 0.190 e. The predicted octanol–water partition coefficient (Wildman–Crippen LogP) is 2.42. The summed E-state index contributed by atoms with van der Waals surface area (Å²) in [6, 6.07) is 0. The molecule has 3 heterocycles. The number of rotatable bonds is 6. The van der Waals surface area contributed by atoms with Gasteiger partial charge < -0.3 is 28.4 Å². The zero-order valence-corrected chi connectivity index (χ0v) is 15.0. The van der Waals surface area contributed by atoms with E-state index in [-0.39, 0.29) is 24.4 Å². The van der Waals surface area contributed by atoms with E-state index in [1.807, 2.05) is 27.7 Å². The summed E-state index contributed by atoms with van der Waals surface area (Å²) in [5, 5.41) is 0. The van der Waals surface area contributed by atoms with Gasteiger partial charge in [0.05, 0.1) is 6.61 Å². The van der Waals surface area contributed by atoms with Crippen LogP contribution in [0.15, 0.2) is 0 Å². The second kappa shape index (κ2) is 6.75. The summed E-state index contributed by atoms with van der Waals surface area (Å²) in [6.07, 6.45) is 0.452. The first-order valence-electron chi connectivity index (χ1n) is 8.32. The minimum atomic E-state index is -0.688. The van der Waals surface area contributed by atoms with Crippen LogP contribution in [0.3, 0.4) is 0 Å². The van der Waals surface area contributed by atoms with E-state index in [1.54, 1.807) is 0 Å². The highest BCUT2D eigenvalue weighted by molar-refractivity contribution is 6.17. The van der Waals surface area contributed by atoms with Gasteiger partial charge in [-0.1, -0.05) is 0 Å². The van der Waals surface area contributed by atoms with Crippen molar-refractivity contribution in [1.29, 1.82) is 0 Å². The Morgan fingerprint density at radius 1 is 0.870 bits per heavy atom. The van der Waals surface area contributed by atoms with Gasteiger partial charge in [0, 0.05) is 12.5 Å². The number of hydrogen-bond acceptors (Lipinski definition) is 6. The van der Waals surface area contributed by atoms with Gasteiger partial charge in [-0.05, 0) is 40.5 Å². The fraction of sp³-hybridized carbons (Fsp3) is 1.00. The molecule has 3 fully saturated rings. The standard InChI is InChI=1S/C16H27ClO6/c1-15(2)20-11-10(9-18-8-6-5-7-17)19-14-13(12(11)21-15)22-16(3,4)23-14/h10-14H,5-9H2,1-4H3/t10-,11+,12+,13-,14-/m1/s1. The molecule has 23 heavy (non-hydrogen) atoms. The maximum absolute atomic E-state index is 6.06. The molecule has 3 aliphatic rings. The monoisotopic (exact) mass is 350 g/mol. The summed E-state index contributed by atoms with van der Waals surface area (Å²) in [5.74, 6) is -0.699. The van der Waals surface area contributed by atoms with Crippen molar-refractivity contribution in [2.45, 2.75) is 82.8 Å². The largest absolute Gasteiger partial charge is 0.379 e. The molecule has 0 saturated carbocycles. The number of halogens is 1. The van der Waals surface area contributed by atoms with Crippen LogP contribution < -0.4 is 0 Å². The minimum absolute atomic E-state index is 0.220. The van der Waals surface area contributed by atoms with Gasteiger partial charge in [0.1, 0.15) is 24.4 Å². The predicted molar refractivity (Wildman–Crippen MR) is 83.3 cm³/mol. The molecule has 0 aromatic rings. The van der Waals surface area contributed by atoms with Crippen molar-refractivity contribution >= 4 is 11.6 Å². The lowest BCUT2D eigenvalue weighted by atomic mass is 9.99. The Hall–Kier alpha value is 0.0500. The normalized spacial score (nSPS) is 40.8. The molecule has 0 amide bonds. The van der Waals surface area contributed by atoms with Crippen LogP contribution in [-0.4, -0.2) is 61.4 Å². The van der Waals surface area contributed by atoms with Crippen molar-refractivity contribution in [1.82, 2.24) is 0 Å². The van der Waals surface area contributed by atoms with Crippen LogP contribution in [-0.2, 0) is 28.4 Å². The van der Waals surface area contributed by atoms with Gasteiger partial charge in [0.2, 0.25) is 0 Å². The van der Waals surface area contributed by atoms with Crippen molar-refractivity contribution in [3.63, 3.8) is 0 Å². The van der Waals surface area contributed by atoms with Gasteiger partial charge in [0.25, 0.3) is 0 Å². The van der Waals surface area contributed by atoms with Crippen molar-refractivity contribution in [2.24, 2.45) is 0 Å². The van der Waals surface area contributed by atoms with Crippen LogP contribution in [0.4, 0.5) is 0 Å². The number of fused-ring (bicyclic) bond motifs is 3. The van der Waals surface area contributed by atoms with E-state index in [4.69, 9.17) is 40.0 Å². The van der Waals surface area contributed by atoms with Crippen LogP contribution >= 0.6 is 11.6 Å². The third-order valence-electron chi connectivity index (χ3n) is 4.21. The summed E-state index contributed by atoms with van der Waals surface area (Å²) in [7, 11) is 0. The Morgan fingerprint density at radius 3 is 2.26 bits per heavy atom. The highest BCUT2D eigenvalue weighted by atomic mass is 35.5. The number of ether oxygens (including phenoxy) is 6. The second-order valence-corrected chi connectivity index (χ2v) is 7.56. The molecule has 0 aliphatic carbocycles. The quantitative estimate of drug-likeness (QED) is 0.541. The van der Waals surface area contributed by atoms with E-state index >= 15 is 0 Å². The summed E-state index contributed by atoms with van der Waals surface area (Å²) in [4.78, 5) is 0. The lowest BCUT2D eigenvalue weighted by molar-refractivity contribution is -0.243. The summed E-state index contributed by atoms with van der Waals surface area (Å²) in [6.45, 7) is 8.66. The van der Waals surface area contributed by atoms with Gasteiger partial charge in [0.15, 0.2) is 17.9 Å². The van der Waals surface area contributed by atoms with Crippen molar-refractivity contribution in [3.05, 3.63) is 0 Å². The third-order valence-corrected chi connectivity index (χ3v) is 4.47. The van der Waals surface area contributed by atoms with E-state index in [0.717, 1.165) is 12.8 Å². The van der Waals surface area contributed by atoms with E-state index in [9.17, 15) is 0 Å². The molecule has 0 spiro atoms. The summed E-state index contributed by atoms with van der Waals surface area (Å²) >= 11 is 5.67. The average molecular weight is 351 g/mol. The Kier molecular flexibility index (Phi) is 5.24. The van der Waals surface area contributed by atoms with Gasteiger partial charge in [-0.3, -0.25) is 0 Å². The maximum atomic E-state index is 6.06. The average Bonchev–Trinajstić information content (AvgIpc) is 2.93. The van der Waals surface area contributed by atoms with Gasteiger partial charge in [-0.25, -0.2) is 0 Å². The van der Waals surface area contributed by atoms with Gasteiger partial charge in [-0.2, -0.15) is 0 Å². The first-order valence-corrected chi connectivity index (χ1v) is 8.85. The van der Waals surface area contributed by atoms with E-state index in [1.165, 1.54) is 0 Å². The lowest BCUT2D eigenvalue weighted by Crippen LogP contribution is -2.56. The smallest absolute Gasteiger partial charge is 0.190 e. The molecule has 5 atom stereocenters. The van der Waals surface area contributed by atoms with Crippen LogP contribution in [0.25, 0.3) is 0 Å². The molecule has 0 radical (unpaired) electrons. The van der Waals surface area contributed by atoms with Crippen LogP contribution in [0.2, 0.25) is 0 Å². The molecule has 134 valence electrons. The first-order chi connectivity index (χ1) is 10.8. The molecule has 0 aromatic heterocycles. The third kappa shape index (κ3) is 4.00. The molecule has 0 unspecified atom stereocenters. The molecule has 3 saturated heterocycles. The molecule has 3 rings (SSSR count). The molecular formula is C16H27ClO6. The molecular weight excluding hydrogens is 324 g/mol. The van der Waals surface area contributed by atoms with Gasteiger partial charge in [-0.15, -0.1) is 11.6 Å². The lowest BCUT2D eigenvalue weighted by Gasteiger charge is -2.37. The molecule has 7 heteroatoms. The molecule has 3 aliphatic heterocycles. The van der Waals surface area contributed by atoms with E-state index < -0.39 is 17.9 Å².